The fraction of sp³-hybridized carbons (Fsp3) is 0.550. The van der Waals surface area contributed by atoms with Crippen LogP contribution in [0.4, 0.5) is 10.7 Å². The van der Waals surface area contributed by atoms with Crippen LogP contribution in [0.5, 0.6) is 0 Å². The number of furan rings is 1. The van der Waals surface area contributed by atoms with Crippen molar-refractivity contribution in [2.24, 2.45) is 0 Å². The van der Waals surface area contributed by atoms with Crippen molar-refractivity contribution >= 4 is 47.1 Å². The highest BCUT2D eigenvalue weighted by Crippen LogP contribution is 2.37. The predicted molar refractivity (Wildman–Crippen MR) is 112 cm³/mol. The van der Waals surface area contributed by atoms with Crippen molar-refractivity contribution < 1.29 is 23.3 Å². The lowest BCUT2D eigenvalue weighted by molar-refractivity contribution is 0.00578. The molecular weight excluding hydrogens is 380 g/mol. The van der Waals surface area contributed by atoms with Gasteiger partial charge in [-0.25, -0.2) is 4.79 Å². The zero-order valence-electron chi connectivity index (χ0n) is 17.7. The van der Waals surface area contributed by atoms with Crippen LogP contribution in [-0.2, 0) is 14.0 Å². The van der Waals surface area contributed by atoms with Crippen LogP contribution < -0.4 is 10.4 Å². The molecule has 2 aromatic rings. The quantitative estimate of drug-likeness (QED) is 0.672. The number of halogens is 1. The van der Waals surface area contributed by atoms with Crippen molar-refractivity contribution in [3.63, 3.8) is 0 Å². The predicted octanol–water partition coefficient (Wildman–Crippen LogP) is 4.76. The molecule has 0 spiro atoms. The molecule has 1 aliphatic heterocycles. The van der Waals surface area contributed by atoms with E-state index in [1.54, 1.807) is 19.2 Å². The molecule has 1 aliphatic rings. The van der Waals surface area contributed by atoms with Gasteiger partial charge < -0.3 is 18.5 Å². The summed E-state index contributed by atoms with van der Waals surface area (Å²) >= 11 is 6.45. The van der Waals surface area contributed by atoms with Crippen molar-refractivity contribution in [3.05, 3.63) is 23.2 Å². The number of carbonyl (C=O) groups excluding carboxylic acids is 1. The van der Waals surface area contributed by atoms with Gasteiger partial charge in [0, 0.05) is 18.5 Å². The van der Waals surface area contributed by atoms with E-state index in [1.807, 2.05) is 54.5 Å². The Morgan fingerprint density at radius 1 is 1.11 bits per heavy atom. The number of rotatable bonds is 2. The van der Waals surface area contributed by atoms with Crippen LogP contribution in [0.2, 0.25) is 5.02 Å². The van der Waals surface area contributed by atoms with Crippen LogP contribution in [0, 0.1) is 0 Å². The molecule has 1 amide bonds. The smallest absolute Gasteiger partial charge is 0.443 e. The minimum atomic E-state index is -0.598. The SMILES string of the molecule is CN(C(=O)OC(C)(C)C)c1cc2cc(B3OC(C)(C)C(C)(C)O3)cc(Cl)c2o1. The standard InChI is InChI=1S/C20H27BClNO5/c1-18(2,3)26-17(24)23(8)15-10-12-9-13(11-14(22)16(12)25-15)21-27-19(4,5)20(6,7)28-21/h9-11H,1-8H3. The Bertz CT molecular complexity index is 899. The molecule has 0 unspecified atom stereocenters. The van der Waals surface area contributed by atoms with Crippen LogP contribution in [0.3, 0.4) is 0 Å². The molecular formula is C20H27BClNO5. The highest BCUT2D eigenvalue weighted by Gasteiger charge is 2.51. The Hall–Kier alpha value is -1.70. The maximum Gasteiger partial charge on any atom is 0.494 e. The van der Waals surface area contributed by atoms with Crippen LogP contribution in [-0.4, -0.2) is 37.1 Å². The van der Waals surface area contributed by atoms with Gasteiger partial charge in [0.1, 0.15) is 5.60 Å². The van der Waals surface area contributed by atoms with Crippen molar-refractivity contribution in [1.82, 2.24) is 0 Å². The Kier molecular flexibility index (Phi) is 5.02. The Morgan fingerprint density at radius 3 is 2.21 bits per heavy atom. The second-order valence-electron chi connectivity index (χ2n) is 9.13. The van der Waals surface area contributed by atoms with Gasteiger partial charge >= 0.3 is 13.2 Å². The molecule has 1 fully saturated rings. The van der Waals surface area contributed by atoms with Crippen LogP contribution in [0.25, 0.3) is 11.0 Å². The molecule has 1 aromatic carbocycles. The number of ether oxygens (including phenoxy) is 1. The second kappa shape index (κ2) is 6.68. The van der Waals surface area contributed by atoms with Crippen molar-refractivity contribution in [3.8, 4) is 0 Å². The molecule has 28 heavy (non-hydrogen) atoms. The van der Waals surface area contributed by atoms with Crippen LogP contribution in [0.15, 0.2) is 22.6 Å². The third kappa shape index (κ3) is 3.88. The number of amides is 1. The second-order valence-corrected chi connectivity index (χ2v) is 9.54. The van der Waals surface area contributed by atoms with E-state index in [0.717, 1.165) is 10.8 Å². The molecule has 0 saturated carbocycles. The third-order valence-corrected chi connectivity index (χ3v) is 5.38. The van der Waals surface area contributed by atoms with Gasteiger partial charge in [-0.3, -0.25) is 4.90 Å². The zero-order chi connectivity index (χ0) is 21.1. The van der Waals surface area contributed by atoms with E-state index in [4.69, 9.17) is 30.1 Å². The maximum atomic E-state index is 12.3. The van der Waals surface area contributed by atoms with E-state index in [2.05, 4.69) is 0 Å². The van der Waals surface area contributed by atoms with Gasteiger partial charge in [-0.15, -0.1) is 0 Å². The van der Waals surface area contributed by atoms with Crippen molar-refractivity contribution in [1.29, 1.82) is 0 Å². The highest BCUT2D eigenvalue weighted by molar-refractivity contribution is 6.63. The number of carbonyl (C=O) groups is 1. The van der Waals surface area contributed by atoms with Gasteiger partial charge in [-0.2, -0.15) is 0 Å². The fourth-order valence-electron chi connectivity index (χ4n) is 2.82. The van der Waals surface area contributed by atoms with E-state index in [-0.39, 0.29) is 0 Å². The van der Waals surface area contributed by atoms with Gasteiger partial charge in [0.05, 0.1) is 16.2 Å². The molecule has 0 radical (unpaired) electrons. The first kappa shape index (κ1) is 21.0. The molecule has 0 N–H and O–H groups in total. The summed E-state index contributed by atoms with van der Waals surface area (Å²) in [6.07, 6.45) is -0.506. The summed E-state index contributed by atoms with van der Waals surface area (Å²) in [5.41, 5.74) is -0.204. The van der Waals surface area contributed by atoms with Crippen LogP contribution in [0.1, 0.15) is 48.5 Å². The topological polar surface area (TPSA) is 61.1 Å². The van der Waals surface area contributed by atoms with E-state index in [9.17, 15) is 4.79 Å². The zero-order valence-corrected chi connectivity index (χ0v) is 18.4. The molecule has 0 aliphatic carbocycles. The fourth-order valence-corrected chi connectivity index (χ4v) is 3.09. The molecule has 1 saturated heterocycles. The normalized spacial score (nSPS) is 18.5. The van der Waals surface area contributed by atoms with E-state index >= 15 is 0 Å². The van der Waals surface area contributed by atoms with Crippen molar-refractivity contribution in [2.45, 2.75) is 65.3 Å². The third-order valence-electron chi connectivity index (χ3n) is 5.10. The maximum absolute atomic E-state index is 12.3. The van der Waals surface area contributed by atoms with Gasteiger partial charge in [-0.05, 0) is 60.0 Å². The van der Waals surface area contributed by atoms with E-state index in [1.165, 1.54) is 4.90 Å². The number of anilines is 1. The summed E-state index contributed by atoms with van der Waals surface area (Å²) in [6.45, 7) is 13.4. The van der Waals surface area contributed by atoms with Gasteiger partial charge in [0.2, 0.25) is 5.88 Å². The molecule has 2 heterocycles. The number of hydrogen-bond donors (Lipinski definition) is 0. The Labute approximate surface area is 171 Å². The lowest BCUT2D eigenvalue weighted by atomic mass is 9.78. The molecule has 0 bridgehead atoms. The monoisotopic (exact) mass is 407 g/mol. The average molecular weight is 408 g/mol. The van der Waals surface area contributed by atoms with Gasteiger partial charge in [0.15, 0.2) is 5.58 Å². The summed E-state index contributed by atoms with van der Waals surface area (Å²) in [5.74, 6) is 0.345. The lowest BCUT2D eigenvalue weighted by Gasteiger charge is -2.32. The largest absolute Gasteiger partial charge is 0.494 e. The minimum absolute atomic E-state index is 0.345. The number of fused-ring (bicyclic) bond motifs is 1. The Morgan fingerprint density at radius 2 is 1.68 bits per heavy atom. The van der Waals surface area contributed by atoms with Gasteiger partial charge in [0.25, 0.3) is 0 Å². The minimum Gasteiger partial charge on any atom is -0.443 e. The molecule has 1 aromatic heterocycles. The molecule has 3 rings (SSSR count). The molecule has 0 atom stereocenters. The van der Waals surface area contributed by atoms with E-state index < -0.39 is 30.0 Å². The first-order valence-corrected chi connectivity index (χ1v) is 9.63. The number of hydrogen-bond acceptors (Lipinski definition) is 5. The number of nitrogens with zero attached hydrogens (tertiary/aromatic N) is 1. The first-order chi connectivity index (χ1) is 12.7. The Balaban J connectivity index is 1.92. The average Bonchev–Trinajstić information content (AvgIpc) is 3.04. The summed E-state index contributed by atoms with van der Waals surface area (Å²) < 4.78 is 23.4. The first-order valence-electron chi connectivity index (χ1n) is 9.25. The van der Waals surface area contributed by atoms with Crippen LogP contribution >= 0.6 is 11.6 Å². The lowest BCUT2D eigenvalue weighted by Crippen LogP contribution is -2.41. The number of benzene rings is 1. The molecule has 6 nitrogen and oxygen atoms in total. The molecule has 152 valence electrons. The molecule has 8 heteroatoms. The highest BCUT2D eigenvalue weighted by atomic mass is 35.5. The summed E-state index contributed by atoms with van der Waals surface area (Å²) in [4.78, 5) is 13.6. The summed E-state index contributed by atoms with van der Waals surface area (Å²) in [6, 6.07) is 5.42. The summed E-state index contributed by atoms with van der Waals surface area (Å²) in [7, 11) is 1.06. The van der Waals surface area contributed by atoms with Gasteiger partial charge in [-0.1, -0.05) is 17.7 Å². The van der Waals surface area contributed by atoms with E-state index in [0.29, 0.717) is 16.5 Å². The van der Waals surface area contributed by atoms with Crippen molar-refractivity contribution in [2.75, 3.05) is 11.9 Å². The summed E-state index contributed by atoms with van der Waals surface area (Å²) in [5, 5.41) is 1.17.